The molecule has 0 aliphatic carbocycles. The first-order valence-corrected chi connectivity index (χ1v) is 8.05. The Morgan fingerprint density at radius 3 is 0.944 bits per heavy atom. The van der Waals surface area contributed by atoms with Gasteiger partial charge in [-0.2, -0.15) is 92.2 Å². The summed E-state index contributed by atoms with van der Waals surface area (Å²) in [6.45, 7) is -2.46. The molecular formula is C13H5F21O2. The van der Waals surface area contributed by atoms with Gasteiger partial charge in [-0.1, -0.05) is 0 Å². The van der Waals surface area contributed by atoms with Crippen LogP contribution < -0.4 is 0 Å². The van der Waals surface area contributed by atoms with Gasteiger partial charge in [0.2, 0.25) is 0 Å². The fourth-order valence-electron chi connectivity index (χ4n) is 2.00. The molecule has 0 radical (unpaired) electrons. The molecule has 0 bridgehead atoms. The molecule has 1 rings (SSSR count). The first-order valence-electron chi connectivity index (χ1n) is 8.05. The van der Waals surface area contributed by atoms with Crippen molar-refractivity contribution in [3.05, 3.63) is 0 Å². The van der Waals surface area contributed by atoms with Gasteiger partial charge in [-0.15, -0.1) is 0 Å². The lowest BCUT2D eigenvalue weighted by Crippen LogP contribution is -2.77. The fourth-order valence-corrected chi connectivity index (χ4v) is 2.00. The maximum atomic E-state index is 13.5. The number of ether oxygens (including phenoxy) is 2. The van der Waals surface area contributed by atoms with E-state index in [-0.39, 0.29) is 0 Å². The van der Waals surface area contributed by atoms with Gasteiger partial charge < -0.3 is 9.47 Å². The Balaban J connectivity index is 3.63. The zero-order chi connectivity index (χ0) is 29.4. The summed E-state index contributed by atoms with van der Waals surface area (Å²) in [6.07, 6.45) is -16.6. The van der Waals surface area contributed by atoms with Gasteiger partial charge in [0.25, 0.3) is 0 Å². The van der Waals surface area contributed by atoms with Crippen LogP contribution in [0.5, 0.6) is 0 Å². The summed E-state index contributed by atoms with van der Waals surface area (Å²) in [7, 11) is 0. The summed E-state index contributed by atoms with van der Waals surface area (Å²) in [4.78, 5) is 0. The predicted molar refractivity (Wildman–Crippen MR) is 66.3 cm³/mol. The molecule has 1 heterocycles. The minimum absolute atomic E-state index is 0.593. The molecule has 1 atom stereocenters. The van der Waals surface area contributed by atoms with E-state index in [4.69, 9.17) is 0 Å². The average molecular weight is 592 g/mol. The summed E-state index contributed by atoms with van der Waals surface area (Å²) in [6, 6.07) is 0. The molecule has 36 heavy (non-hydrogen) atoms. The second kappa shape index (κ2) is 8.22. The summed E-state index contributed by atoms with van der Waals surface area (Å²) < 4.78 is 281. The lowest BCUT2D eigenvalue weighted by Gasteiger charge is -2.44. The van der Waals surface area contributed by atoms with Crippen molar-refractivity contribution in [1.29, 1.82) is 0 Å². The van der Waals surface area contributed by atoms with Crippen LogP contribution in [0.3, 0.4) is 0 Å². The average Bonchev–Trinajstić information content (AvgIpc) is 3.48. The second-order valence-electron chi connectivity index (χ2n) is 6.88. The number of alkyl halides is 21. The van der Waals surface area contributed by atoms with Crippen molar-refractivity contribution < 1.29 is 102 Å². The molecule has 23 heteroatoms. The highest BCUT2D eigenvalue weighted by Gasteiger charge is 2.98. The Kier molecular flexibility index (Phi) is 7.42. The topological polar surface area (TPSA) is 21.8 Å². The lowest BCUT2D eigenvalue weighted by molar-refractivity contribution is -0.484. The van der Waals surface area contributed by atoms with Crippen LogP contribution >= 0.6 is 0 Å². The Morgan fingerprint density at radius 2 is 0.694 bits per heavy atom. The standard InChI is InChI=1S/C13H5F21O2/c14-4(15,6(18,19)8(22,23)10(26,27)12(30,31)32)5(16,17)7(20,21)9(24,25)11(28,29)13(33,34)36-2-3-1-35-3/h3H,1-2H2. The molecule has 216 valence electrons. The van der Waals surface area contributed by atoms with E-state index in [1.807, 2.05) is 0 Å². The van der Waals surface area contributed by atoms with Crippen molar-refractivity contribution in [2.24, 2.45) is 0 Å². The van der Waals surface area contributed by atoms with Crippen LogP contribution in [0.25, 0.3) is 0 Å². The molecule has 0 amide bonds. The van der Waals surface area contributed by atoms with Crippen molar-refractivity contribution in [1.82, 2.24) is 0 Å². The van der Waals surface area contributed by atoms with Crippen LogP contribution in [-0.4, -0.2) is 79.0 Å². The van der Waals surface area contributed by atoms with Gasteiger partial charge in [-0.25, -0.2) is 0 Å². The number of hydrogen-bond acceptors (Lipinski definition) is 2. The van der Waals surface area contributed by atoms with Gasteiger partial charge in [0, 0.05) is 0 Å². The highest BCUT2D eigenvalue weighted by molar-refractivity contribution is 5.17. The summed E-state index contributed by atoms with van der Waals surface area (Å²) in [5, 5.41) is 0. The molecular weight excluding hydrogens is 587 g/mol. The number of epoxide rings is 1. The van der Waals surface area contributed by atoms with Crippen LogP contribution in [0.1, 0.15) is 0 Å². The molecule has 0 saturated carbocycles. The quantitative estimate of drug-likeness (QED) is 0.198. The Bertz CT molecular complexity index is 807. The monoisotopic (exact) mass is 592 g/mol. The maximum absolute atomic E-state index is 13.5. The molecule has 0 aromatic heterocycles. The highest BCUT2D eigenvalue weighted by Crippen LogP contribution is 2.66. The van der Waals surface area contributed by atoms with Crippen molar-refractivity contribution in [2.75, 3.05) is 13.2 Å². The summed E-state index contributed by atoms with van der Waals surface area (Å²) in [5.74, 6) is -70.5. The van der Waals surface area contributed by atoms with E-state index in [2.05, 4.69) is 9.47 Å². The Labute approximate surface area is 182 Å². The molecule has 0 aromatic rings. The molecule has 1 aliphatic rings. The van der Waals surface area contributed by atoms with Crippen LogP contribution in [0.15, 0.2) is 0 Å². The van der Waals surface area contributed by atoms with Crippen molar-refractivity contribution >= 4 is 0 Å². The number of rotatable bonds is 11. The van der Waals surface area contributed by atoms with Gasteiger partial charge in [-0.05, 0) is 0 Å². The van der Waals surface area contributed by atoms with Crippen LogP contribution in [0.2, 0.25) is 0 Å². The summed E-state index contributed by atoms with van der Waals surface area (Å²) >= 11 is 0. The zero-order valence-corrected chi connectivity index (χ0v) is 15.7. The third-order valence-corrected chi connectivity index (χ3v) is 4.33. The second-order valence-corrected chi connectivity index (χ2v) is 6.88. The van der Waals surface area contributed by atoms with Gasteiger partial charge in [0.15, 0.2) is 0 Å². The van der Waals surface area contributed by atoms with E-state index >= 15 is 0 Å². The largest absolute Gasteiger partial charge is 0.460 e. The van der Waals surface area contributed by atoms with Gasteiger partial charge in [0.1, 0.15) is 6.10 Å². The predicted octanol–water partition coefficient (Wildman–Crippen LogP) is 6.64. The molecule has 1 aliphatic heterocycles. The van der Waals surface area contributed by atoms with E-state index in [0.717, 1.165) is 0 Å². The third kappa shape index (κ3) is 4.10. The van der Waals surface area contributed by atoms with E-state index in [1.54, 1.807) is 0 Å². The Morgan fingerprint density at radius 1 is 0.444 bits per heavy atom. The SMILES string of the molecule is FC(F)(F)C(F)(F)C(F)(F)C(F)(F)C(F)(F)C(F)(F)C(F)(F)C(F)(F)C(F)(F)C(F)(F)OCC1CO1. The molecule has 0 N–H and O–H groups in total. The first-order chi connectivity index (χ1) is 15.3. The van der Waals surface area contributed by atoms with Gasteiger partial charge in [0.05, 0.1) is 13.2 Å². The third-order valence-electron chi connectivity index (χ3n) is 4.33. The molecule has 2 nitrogen and oxygen atoms in total. The molecule has 1 saturated heterocycles. The van der Waals surface area contributed by atoms with Crippen molar-refractivity contribution in [2.45, 2.75) is 65.8 Å². The van der Waals surface area contributed by atoms with Gasteiger partial charge >= 0.3 is 59.7 Å². The molecule has 1 unspecified atom stereocenters. The molecule has 0 spiro atoms. The smallest absolute Gasteiger partial charge is 0.371 e. The minimum atomic E-state index is -9.18. The first kappa shape index (κ1) is 32.5. The number of halogens is 21. The summed E-state index contributed by atoms with van der Waals surface area (Å²) in [5.41, 5.74) is 0. The zero-order valence-electron chi connectivity index (χ0n) is 15.7. The van der Waals surface area contributed by atoms with Crippen molar-refractivity contribution in [3.8, 4) is 0 Å². The van der Waals surface area contributed by atoms with Crippen LogP contribution in [-0.2, 0) is 9.47 Å². The minimum Gasteiger partial charge on any atom is -0.371 e. The van der Waals surface area contributed by atoms with Crippen LogP contribution in [0.4, 0.5) is 92.2 Å². The van der Waals surface area contributed by atoms with E-state index in [9.17, 15) is 92.2 Å². The van der Waals surface area contributed by atoms with E-state index in [1.165, 1.54) is 0 Å². The van der Waals surface area contributed by atoms with Gasteiger partial charge in [-0.3, -0.25) is 0 Å². The highest BCUT2D eigenvalue weighted by atomic mass is 19.4. The lowest BCUT2D eigenvalue weighted by atomic mass is 9.87. The normalized spacial score (nSPS) is 20.1. The maximum Gasteiger partial charge on any atom is 0.460 e. The van der Waals surface area contributed by atoms with E-state index in [0.29, 0.717) is 0 Å². The van der Waals surface area contributed by atoms with Crippen molar-refractivity contribution in [3.63, 3.8) is 0 Å². The Hall–Kier alpha value is -1.55. The molecule has 1 fully saturated rings. The van der Waals surface area contributed by atoms with E-state index < -0.39 is 79.0 Å². The molecule has 0 aromatic carbocycles. The number of hydrogen-bond donors (Lipinski definition) is 0. The van der Waals surface area contributed by atoms with Crippen LogP contribution in [0, 0.1) is 0 Å². The fraction of sp³-hybridized carbons (Fsp3) is 1.00.